The van der Waals surface area contributed by atoms with Crippen molar-refractivity contribution in [3.8, 4) is 5.75 Å². The molecule has 2 aliphatic rings. The topological polar surface area (TPSA) is 38.5 Å². The van der Waals surface area contributed by atoms with Crippen molar-refractivity contribution >= 4 is 5.69 Å². The number of benzene rings is 1. The molecule has 2 atom stereocenters. The van der Waals surface area contributed by atoms with E-state index in [0.717, 1.165) is 31.7 Å². The molecule has 0 radical (unpaired) electrons. The van der Waals surface area contributed by atoms with Gasteiger partial charge in [0.15, 0.2) is 0 Å². The zero-order valence-corrected chi connectivity index (χ0v) is 10.1. The Bertz CT molecular complexity index is 394. The molecule has 0 amide bonds. The fourth-order valence-corrected chi connectivity index (χ4v) is 3.05. The quantitative estimate of drug-likeness (QED) is 0.806. The third kappa shape index (κ3) is 2.00. The summed E-state index contributed by atoms with van der Waals surface area (Å²) in [6, 6.07) is 9.16. The van der Waals surface area contributed by atoms with Crippen LogP contribution in [0.1, 0.15) is 25.7 Å². The number of hydrogen-bond acceptors (Lipinski definition) is 3. The highest BCUT2D eigenvalue weighted by Crippen LogP contribution is 2.35. The highest BCUT2D eigenvalue weighted by molar-refractivity contribution is 5.60. The second-order valence-electron chi connectivity index (χ2n) is 5.03. The summed E-state index contributed by atoms with van der Waals surface area (Å²) >= 11 is 0. The van der Waals surface area contributed by atoms with Crippen molar-refractivity contribution < 1.29 is 4.74 Å². The molecule has 3 rings (SSSR count). The molecule has 0 saturated heterocycles. The van der Waals surface area contributed by atoms with Crippen molar-refractivity contribution in [2.45, 2.75) is 37.8 Å². The van der Waals surface area contributed by atoms with Gasteiger partial charge in [-0.3, -0.25) is 0 Å². The van der Waals surface area contributed by atoms with Gasteiger partial charge in [-0.2, -0.15) is 0 Å². The van der Waals surface area contributed by atoms with Crippen LogP contribution in [0.5, 0.6) is 5.75 Å². The molecule has 0 bridgehead atoms. The number of fused-ring (bicyclic) bond motifs is 1. The molecule has 1 heterocycles. The first-order chi connectivity index (χ1) is 8.36. The van der Waals surface area contributed by atoms with Crippen LogP contribution in [-0.4, -0.2) is 25.2 Å². The summed E-state index contributed by atoms with van der Waals surface area (Å²) < 4.78 is 5.79. The first kappa shape index (κ1) is 10.9. The van der Waals surface area contributed by atoms with E-state index in [1.165, 1.54) is 18.5 Å². The Morgan fingerprint density at radius 1 is 1.18 bits per heavy atom. The lowest BCUT2D eigenvalue weighted by Crippen LogP contribution is -2.44. The van der Waals surface area contributed by atoms with Crippen molar-refractivity contribution in [2.24, 2.45) is 5.73 Å². The molecule has 2 unspecified atom stereocenters. The van der Waals surface area contributed by atoms with Crippen LogP contribution >= 0.6 is 0 Å². The molecule has 1 aromatic rings. The summed E-state index contributed by atoms with van der Waals surface area (Å²) in [5.74, 6) is 1.02. The molecule has 1 aliphatic carbocycles. The van der Waals surface area contributed by atoms with Gasteiger partial charge in [0.05, 0.1) is 12.3 Å². The smallest absolute Gasteiger partial charge is 0.142 e. The maximum Gasteiger partial charge on any atom is 0.142 e. The molecule has 1 aliphatic heterocycles. The molecule has 3 nitrogen and oxygen atoms in total. The Kier molecular flexibility index (Phi) is 2.93. The first-order valence-corrected chi connectivity index (χ1v) is 6.60. The summed E-state index contributed by atoms with van der Waals surface area (Å²) in [4.78, 5) is 2.47. The van der Waals surface area contributed by atoms with Crippen molar-refractivity contribution in [2.75, 3.05) is 18.1 Å². The van der Waals surface area contributed by atoms with E-state index >= 15 is 0 Å². The highest BCUT2D eigenvalue weighted by Gasteiger charge is 2.31. The Hall–Kier alpha value is -1.22. The highest BCUT2D eigenvalue weighted by atomic mass is 16.5. The summed E-state index contributed by atoms with van der Waals surface area (Å²) in [7, 11) is 0. The molecular formula is C14H20N2O. The fraction of sp³-hybridized carbons (Fsp3) is 0.571. The van der Waals surface area contributed by atoms with Crippen molar-refractivity contribution in [1.82, 2.24) is 0 Å². The van der Waals surface area contributed by atoms with Crippen molar-refractivity contribution in [3.05, 3.63) is 24.3 Å². The largest absolute Gasteiger partial charge is 0.491 e. The lowest BCUT2D eigenvalue weighted by molar-refractivity contribution is 0.322. The molecular weight excluding hydrogens is 212 g/mol. The van der Waals surface area contributed by atoms with Crippen LogP contribution in [0, 0.1) is 0 Å². The van der Waals surface area contributed by atoms with E-state index < -0.39 is 0 Å². The number of rotatable bonds is 1. The predicted molar refractivity (Wildman–Crippen MR) is 69.5 cm³/mol. The number of anilines is 1. The molecule has 2 N–H and O–H groups in total. The fourth-order valence-electron chi connectivity index (χ4n) is 3.05. The summed E-state index contributed by atoms with van der Waals surface area (Å²) in [6.45, 7) is 1.88. The Morgan fingerprint density at radius 3 is 2.88 bits per heavy atom. The SMILES string of the molecule is NC1CCCC1N1CCCOc2ccccc21. The van der Waals surface area contributed by atoms with Crippen LogP contribution in [0.3, 0.4) is 0 Å². The van der Waals surface area contributed by atoms with E-state index in [9.17, 15) is 0 Å². The van der Waals surface area contributed by atoms with Crippen LogP contribution < -0.4 is 15.4 Å². The zero-order chi connectivity index (χ0) is 11.7. The lowest BCUT2D eigenvalue weighted by Gasteiger charge is -2.33. The Morgan fingerprint density at radius 2 is 2.06 bits per heavy atom. The Balaban J connectivity index is 1.93. The monoisotopic (exact) mass is 232 g/mol. The normalized spacial score (nSPS) is 28.4. The summed E-state index contributed by atoms with van der Waals surface area (Å²) in [6.07, 6.45) is 4.71. The second-order valence-corrected chi connectivity index (χ2v) is 5.03. The minimum absolute atomic E-state index is 0.321. The van der Waals surface area contributed by atoms with Crippen LogP contribution in [0.15, 0.2) is 24.3 Å². The van der Waals surface area contributed by atoms with Crippen LogP contribution in [0.4, 0.5) is 5.69 Å². The second kappa shape index (κ2) is 4.57. The molecule has 92 valence electrons. The predicted octanol–water partition coefficient (Wildman–Crippen LogP) is 2.16. The maximum absolute atomic E-state index is 6.24. The van der Waals surface area contributed by atoms with Gasteiger partial charge in [-0.15, -0.1) is 0 Å². The van der Waals surface area contributed by atoms with E-state index in [4.69, 9.17) is 10.5 Å². The van der Waals surface area contributed by atoms with Gasteiger partial charge in [-0.05, 0) is 37.8 Å². The molecule has 3 heteroatoms. The number of hydrogen-bond donors (Lipinski definition) is 1. The van der Waals surface area contributed by atoms with E-state index in [0.29, 0.717) is 12.1 Å². The van der Waals surface area contributed by atoms with Gasteiger partial charge >= 0.3 is 0 Å². The molecule has 0 aromatic heterocycles. The molecule has 1 saturated carbocycles. The molecule has 1 aromatic carbocycles. The van der Waals surface area contributed by atoms with Gasteiger partial charge in [-0.25, -0.2) is 0 Å². The summed E-state index contributed by atoms with van der Waals surface area (Å²) in [5, 5.41) is 0. The first-order valence-electron chi connectivity index (χ1n) is 6.60. The van der Waals surface area contributed by atoms with Gasteiger partial charge in [0.1, 0.15) is 5.75 Å². The zero-order valence-electron chi connectivity index (χ0n) is 10.1. The number of ether oxygens (including phenoxy) is 1. The van der Waals surface area contributed by atoms with Gasteiger partial charge in [-0.1, -0.05) is 12.1 Å². The van der Waals surface area contributed by atoms with Crippen LogP contribution in [0.2, 0.25) is 0 Å². The van der Waals surface area contributed by atoms with Crippen LogP contribution in [0.25, 0.3) is 0 Å². The van der Waals surface area contributed by atoms with E-state index in [1.54, 1.807) is 0 Å². The van der Waals surface area contributed by atoms with E-state index in [-0.39, 0.29) is 0 Å². The minimum Gasteiger partial charge on any atom is -0.491 e. The van der Waals surface area contributed by atoms with Crippen molar-refractivity contribution in [1.29, 1.82) is 0 Å². The molecule has 17 heavy (non-hydrogen) atoms. The number of nitrogens with zero attached hydrogens (tertiary/aromatic N) is 1. The summed E-state index contributed by atoms with van der Waals surface area (Å²) in [5.41, 5.74) is 7.46. The van der Waals surface area contributed by atoms with Gasteiger partial charge in [0.25, 0.3) is 0 Å². The van der Waals surface area contributed by atoms with Gasteiger partial charge in [0, 0.05) is 18.6 Å². The molecule has 0 spiro atoms. The lowest BCUT2D eigenvalue weighted by atomic mass is 10.1. The standard InChI is InChI=1S/C14H20N2O/c15-11-5-3-7-12(11)16-9-4-10-17-14-8-2-1-6-13(14)16/h1-2,6,8,11-12H,3-5,7,9-10,15H2. The average Bonchev–Trinajstić information content (AvgIpc) is 2.66. The van der Waals surface area contributed by atoms with E-state index in [2.05, 4.69) is 23.1 Å². The van der Waals surface area contributed by atoms with Gasteiger partial charge < -0.3 is 15.4 Å². The maximum atomic E-state index is 6.24. The van der Waals surface area contributed by atoms with Gasteiger partial charge in [0.2, 0.25) is 0 Å². The molecule has 1 fully saturated rings. The Labute approximate surface area is 103 Å². The third-order valence-electron chi connectivity index (χ3n) is 3.91. The number of para-hydroxylation sites is 2. The minimum atomic E-state index is 0.321. The third-order valence-corrected chi connectivity index (χ3v) is 3.91. The van der Waals surface area contributed by atoms with E-state index in [1.807, 2.05) is 6.07 Å². The van der Waals surface area contributed by atoms with Crippen molar-refractivity contribution in [3.63, 3.8) is 0 Å². The van der Waals surface area contributed by atoms with Crippen LogP contribution in [-0.2, 0) is 0 Å². The average molecular weight is 232 g/mol. The number of nitrogens with two attached hydrogens (primary N) is 1.